The van der Waals surface area contributed by atoms with Gasteiger partial charge in [-0.3, -0.25) is 14.4 Å². The van der Waals surface area contributed by atoms with Gasteiger partial charge < -0.3 is 25.0 Å². The highest BCUT2D eigenvalue weighted by Gasteiger charge is 2.38. The van der Waals surface area contributed by atoms with Crippen LogP contribution < -0.4 is 25.0 Å². The van der Waals surface area contributed by atoms with Gasteiger partial charge in [0.1, 0.15) is 24.9 Å². The molecule has 0 aliphatic carbocycles. The number of fused-ring (bicyclic) bond motifs is 1. The molecule has 2 aromatic carbocycles. The van der Waals surface area contributed by atoms with E-state index < -0.39 is 11.8 Å². The summed E-state index contributed by atoms with van der Waals surface area (Å²) in [4.78, 5) is 44.1. The molecular weight excluding hydrogens is 436 g/mol. The second-order valence-corrected chi connectivity index (χ2v) is 7.90. The van der Waals surface area contributed by atoms with Crippen molar-refractivity contribution in [2.45, 2.75) is 6.42 Å². The molecule has 0 bridgehead atoms. The maximum atomic E-state index is 13.0. The van der Waals surface area contributed by atoms with Gasteiger partial charge in [0, 0.05) is 35.7 Å². The second kappa shape index (κ2) is 9.22. The summed E-state index contributed by atoms with van der Waals surface area (Å²) < 4.78 is 11.1. The predicted octanol–water partition coefficient (Wildman–Crippen LogP) is 3.10. The molecule has 5 rings (SSSR count). The Balaban J connectivity index is 1.25. The van der Waals surface area contributed by atoms with Crippen LogP contribution >= 0.6 is 0 Å². The van der Waals surface area contributed by atoms with Crippen LogP contribution in [0.1, 0.15) is 16.8 Å². The number of nitrogens with zero attached hydrogens (tertiary/aromatic N) is 2. The third-order valence-electron chi connectivity index (χ3n) is 5.66. The highest BCUT2D eigenvalue weighted by Crippen LogP contribution is 2.36. The zero-order valence-electron chi connectivity index (χ0n) is 18.2. The molecule has 0 radical (unpaired) electrons. The first kappa shape index (κ1) is 21.4. The molecule has 1 saturated heterocycles. The summed E-state index contributed by atoms with van der Waals surface area (Å²) in [7, 11) is 0. The fraction of sp³-hybridized carbons (Fsp3) is 0.200. The van der Waals surface area contributed by atoms with Gasteiger partial charge >= 0.3 is 0 Å². The average Bonchev–Trinajstić information content (AvgIpc) is 3.26. The van der Waals surface area contributed by atoms with E-state index in [1.165, 1.54) is 0 Å². The Morgan fingerprint density at radius 2 is 1.79 bits per heavy atom. The van der Waals surface area contributed by atoms with Crippen LogP contribution in [0.3, 0.4) is 0 Å². The van der Waals surface area contributed by atoms with Gasteiger partial charge in [-0.15, -0.1) is 0 Å². The Hall–Kier alpha value is -4.40. The quantitative estimate of drug-likeness (QED) is 0.569. The number of pyridine rings is 1. The Kier molecular flexibility index (Phi) is 5.82. The van der Waals surface area contributed by atoms with E-state index in [-0.39, 0.29) is 11.8 Å². The SMILES string of the molecule is O=C(Nc1ccccn1)c1cccc(NC(=O)C2CCN(c3ccc4c(c3)OCCO4)C2=O)c1. The van der Waals surface area contributed by atoms with Crippen LogP contribution in [0.25, 0.3) is 0 Å². The van der Waals surface area contributed by atoms with Crippen molar-refractivity contribution in [2.24, 2.45) is 5.92 Å². The first-order chi connectivity index (χ1) is 16.6. The molecule has 1 atom stereocenters. The number of carbonyl (C=O) groups is 3. The number of ether oxygens (including phenoxy) is 2. The smallest absolute Gasteiger partial charge is 0.256 e. The minimum absolute atomic E-state index is 0.279. The number of benzene rings is 2. The summed E-state index contributed by atoms with van der Waals surface area (Å²) in [6.07, 6.45) is 1.97. The van der Waals surface area contributed by atoms with Crippen LogP contribution in [0.15, 0.2) is 66.9 Å². The minimum atomic E-state index is -0.820. The van der Waals surface area contributed by atoms with Crippen molar-refractivity contribution in [1.29, 1.82) is 0 Å². The molecule has 2 aliphatic heterocycles. The average molecular weight is 458 g/mol. The molecule has 9 nitrogen and oxygen atoms in total. The van der Waals surface area contributed by atoms with Crippen LogP contribution in [0.2, 0.25) is 0 Å². The molecule has 3 amide bonds. The van der Waals surface area contributed by atoms with E-state index >= 15 is 0 Å². The molecule has 1 unspecified atom stereocenters. The molecule has 3 aromatic rings. The Morgan fingerprint density at radius 1 is 0.941 bits per heavy atom. The van der Waals surface area contributed by atoms with Gasteiger partial charge in [-0.05, 0) is 48.9 Å². The third kappa shape index (κ3) is 4.40. The molecule has 2 N–H and O–H groups in total. The van der Waals surface area contributed by atoms with Crippen molar-refractivity contribution in [3.05, 3.63) is 72.4 Å². The zero-order valence-corrected chi connectivity index (χ0v) is 18.2. The van der Waals surface area contributed by atoms with E-state index in [0.717, 1.165) is 0 Å². The number of nitrogens with one attached hydrogen (secondary N) is 2. The lowest BCUT2D eigenvalue weighted by Gasteiger charge is -2.22. The minimum Gasteiger partial charge on any atom is -0.486 e. The van der Waals surface area contributed by atoms with Gasteiger partial charge in [0.15, 0.2) is 11.5 Å². The van der Waals surface area contributed by atoms with E-state index in [2.05, 4.69) is 15.6 Å². The first-order valence-electron chi connectivity index (χ1n) is 10.9. The molecule has 3 heterocycles. The van der Waals surface area contributed by atoms with Gasteiger partial charge in [0.25, 0.3) is 5.91 Å². The van der Waals surface area contributed by atoms with Crippen LogP contribution in [0, 0.1) is 5.92 Å². The summed E-state index contributed by atoms with van der Waals surface area (Å²) in [6, 6.07) is 17.1. The largest absolute Gasteiger partial charge is 0.486 e. The highest BCUT2D eigenvalue weighted by atomic mass is 16.6. The molecule has 1 fully saturated rings. The number of amides is 3. The molecule has 34 heavy (non-hydrogen) atoms. The van der Waals surface area contributed by atoms with E-state index in [9.17, 15) is 14.4 Å². The van der Waals surface area contributed by atoms with Crippen LogP contribution in [-0.2, 0) is 9.59 Å². The fourth-order valence-electron chi connectivity index (χ4n) is 3.97. The summed E-state index contributed by atoms with van der Waals surface area (Å²) in [5.74, 6) is -0.202. The number of anilines is 3. The number of carbonyl (C=O) groups excluding carboxylic acids is 3. The lowest BCUT2D eigenvalue weighted by Crippen LogP contribution is -2.33. The predicted molar refractivity (Wildman–Crippen MR) is 125 cm³/mol. The third-order valence-corrected chi connectivity index (χ3v) is 5.66. The normalized spacial score (nSPS) is 16.8. The van der Waals surface area contributed by atoms with Crippen LogP contribution in [-0.4, -0.2) is 42.5 Å². The van der Waals surface area contributed by atoms with Gasteiger partial charge in [-0.2, -0.15) is 0 Å². The van der Waals surface area contributed by atoms with Crippen molar-refractivity contribution in [1.82, 2.24) is 4.98 Å². The molecule has 2 aliphatic rings. The zero-order chi connectivity index (χ0) is 23.5. The number of rotatable bonds is 5. The molecule has 0 saturated carbocycles. The summed E-state index contributed by atoms with van der Waals surface area (Å²) in [6.45, 7) is 1.36. The number of aromatic nitrogens is 1. The Bertz CT molecular complexity index is 1250. The Morgan fingerprint density at radius 3 is 2.62 bits per heavy atom. The van der Waals surface area contributed by atoms with Gasteiger partial charge in [0.05, 0.1) is 0 Å². The van der Waals surface area contributed by atoms with E-state index in [4.69, 9.17) is 9.47 Å². The van der Waals surface area contributed by atoms with E-state index in [1.54, 1.807) is 71.8 Å². The summed E-state index contributed by atoms with van der Waals surface area (Å²) in [5, 5.41) is 5.47. The molecule has 1 aromatic heterocycles. The van der Waals surface area contributed by atoms with Crippen LogP contribution in [0.4, 0.5) is 17.2 Å². The van der Waals surface area contributed by atoms with Crippen molar-refractivity contribution in [3.8, 4) is 11.5 Å². The Labute approximate surface area is 195 Å². The number of hydrogen-bond donors (Lipinski definition) is 2. The maximum Gasteiger partial charge on any atom is 0.256 e. The lowest BCUT2D eigenvalue weighted by molar-refractivity contribution is -0.129. The van der Waals surface area contributed by atoms with E-state index in [0.29, 0.717) is 60.4 Å². The topological polar surface area (TPSA) is 110 Å². The van der Waals surface area contributed by atoms with Crippen molar-refractivity contribution < 1.29 is 23.9 Å². The van der Waals surface area contributed by atoms with Crippen molar-refractivity contribution in [3.63, 3.8) is 0 Å². The first-order valence-corrected chi connectivity index (χ1v) is 10.9. The molecule has 172 valence electrons. The summed E-state index contributed by atoms with van der Waals surface area (Å²) >= 11 is 0. The van der Waals surface area contributed by atoms with Crippen molar-refractivity contribution in [2.75, 3.05) is 35.3 Å². The summed E-state index contributed by atoms with van der Waals surface area (Å²) in [5.41, 5.74) is 1.46. The number of hydrogen-bond acceptors (Lipinski definition) is 6. The van der Waals surface area contributed by atoms with Gasteiger partial charge in [-0.25, -0.2) is 4.98 Å². The molecular formula is C25H22N4O5. The van der Waals surface area contributed by atoms with Gasteiger partial charge in [0.2, 0.25) is 11.8 Å². The van der Waals surface area contributed by atoms with Gasteiger partial charge in [-0.1, -0.05) is 12.1 Å². The highest BCUT2D eigenvalue weighted by molar-refractivity contribution is 6.13. The van der Waals surface area contributed by atoms with Crippen LogP contribution in [0.5, 0.6) is 11.5 Å². The fourth-order valence-corrected chi connectivity index (χ4v) is 3.97. The molecule has 0 spiro atoms. The van der Waals surface area contributed by atoms with Crippen molar-refractivity contribution >= 4 is 34.9 Å². The maximum absolute atomic E-state index is 13.0. The standard InChI is InChI=1S/C25H22N4O5/c30-23(28-22-6-1-2-10-26-22)16-4-3-5-17(14-16)27-24(31)19-9-11-29(25(19)32)18-7-8-20-21(15-18)34-13-12-33-20/h1-8,10,14-15,19H,9,11-13H2,(H,27,31)(H,26,28,30). The lowest BCUT2D eigenvalue weighted by atomic mass is 10.1. The molecule has 9 heteroatoms. The van der Waals surface area contributed by atoms with E-state index in [1.807, 2.05) is 0 Å². The monoisotopic (exact) mass is 458 g/mol. The second-order valence-electron chi connectivity index (χ2n) is 7.90.